The molecule has 2 aromatic rings. The average molecular weight is 292 g/mol. The first-order valence-electron chi connectivity index (χ1n) is 6.66. The number of thiophene rings is 1. The fourth-order valence-electron chi connectivity index (χ4n) is 1.75. The summed E-state index contributed by atoms with van der Waals surface area (Å²) in [5.74, 6) is 0.842. The number of rotatable bonds is 4. The minimum absolute atomic E-state index is 0.132. The molecule has 1 amide bonds. The van der Waals surface area contributed by atoms with Gasteiger partial charge in [0.15, 0.2) is 0 Å². The summed E-state index contributed by atoms with van der Waals surface area (Å²) < 4.78 is 0. The number of amides is 1. The van der Waals surface area contributed by atoms with E-state index in [-0.39, 0.29) is 17.1 Å². The Balaban J connectivity index is 2.14. The van der Waals surface area contributed by atoms with E-state index in [2.05, 4.69) is 15.2 Å². The minimum atomic E-state index is -0.143. The fourth-order valence-corrected chi connectivity index (χ4v) is 2.47. The SMILES string of the molecule is CCN(Cc1cccs1)C(=O)c1n[nH]c(C(C)(C)C)n1. The largest absolute Gasteiger partial charge is 0.331 e. The highest BCUT2D eigenvalue weighted by Gasteiger charge is 2.24. The van der Waals surface area contributed by atoms with Crippen LogP contribution in [0.3, 0.4) is 0 Å². The second kappa shape index (κ2) is 5.75. The van der Waals surface area contributed by atoms with Crippen molar-refractivity contribution in [2.24, 2.45) is 0 Å². The number of carbonyl (C=O) groups excluding carboxylic acids is 1. The lowest BCUT2D eigenvalue weighted by Crippen LogP contribution is -2.31. The first-order chi connectivity index (χ1) is 9.41. The molecule has 0 aliphatic carbocycles. The summed E-state index contributed by atoms with van der Waals surface area (Å²) in [4.78, 5) is 19.7. The third kappa shape index (κ3) is 3.25. The normalized spacial score (nSPS) is 11.6. The van der Waals surface area contributed by atoms with Crippen LogP contribution < -0.4 is 0 Å². The van der Waals surface area contributed by atoms with Crippen molar-refractivity contribution in [1.82, 2.24) is 20.1 Å². The van der Waals surface area contributed by atoms with Crippen LogP contribution in [0.15, 0.2) is 17.5 Å². The van der Waals surface area contributed by atoms with Crippen LogP contribution in [0.1, 0.15) is 49.0 Å². The van der Waals surface area contributed by atoms with E-state index < -0.39 is 0 Å². The van der Waals surface area contributed by atoms with Gasteiger partial charge in [-0.1, -0.05) is 26.8 Å². The van der Waals surface area contributed by atoms with E-state index in [1.54, 1.807) is 16.2 Å². The molecule has 2 rings (SSSR count). The number of aromatic nitrogens is 3. The first kappa shape index (κ1) is 14.7. The van der Waals surface area contributed by atoms with Gasteiger partial charge in [-0.2, -0.15) is 0 Å². The van der Waals surface area contributed by atoms with Crippen molar-refractivity contribution < 1.29 is 4.79 Å². The molecule has 20 heavy (non-hydrogen) atoms. The number of aromatic amines is 1. The van der Waals surface area contributed by atoms with Crippen molar-refractivity contribution in [2.75, 3.05) is 6.54 Å². The van der Waals surface area contributed by atoms with E-state index in [9.17, 15) is 4.79 Å². The lowest BCUT2D eigenvalue weighted by molar-refractivity contribution is 0.0742. The second-order valence-electron chi connectivity index (χ2n) is 5.66. The summed E-state index contributed by atoms with van der Waals surface area (Å²) in [6, 6.07) is 4.02. The van der Waals surface area contributed by atoms with Crippen LogP contribution in [-0.2, 0) is 12.0 Å². The number of nitrogens with one attached hydrogen (secondary N) is 1. The standard InChI is InChI=1S/C14H20N4OS/c1-5-18(9-10-7-6-8-20-10)12(19)11-15-13(17-16-11)14(2,3)4/h6-8H,5,9H2,1-4H3,(H,15,16,17). The maximum absolute atomic E-state index is 12.4. The summed E-state index contributed by atoms with van der Waals surface area (Å²) in [7, 11) is 0. The Morgan fingerprint density at radius 3 is 2.70 bits per heavy atom. The van der Waals surface area contributed by atoms with Crippen molar-refractivity contribution in [3.63, 3.8) is 0 Å². The lowest BCUT2D eigenvalue weighted by Gasteiger charge is -2.18. The van der Waals surface area contributed by atoms with E-state index >= 15 is 0 Å². The van der Waals surface area contributed by atoms with Gasteiger partial charge in [0.1, 0.15) is 5.82 Å². The van der Waals surface area contributed by atoms with Gasteiger partial charge in [0.2, 0.25) is 5.82 Å². The molecular weight excluding hydrogens is 272 g/mol. The molecule has 2 aromatic heterocycles. The van der Waals surface area contributed by atoms with Gasteiger partial charge in [-0.3, -0.25) is 9.89 Å². The smallest absolute Gasteiger partial charge is 0.293 e. The number of hydrogen-bond acceptors (Lipinski definition) is 4. The molecule has 108 valence electrons. The van der Waals surface area contributed by atoms with Crippen molar-refractivity contribution in [2.45, 2.75) is 39.7 Å². The van der Waals surface area contributed by atoms with Crippen LogP contribution in [0, 0.1) is 0 Å². The molecule has 5 nitrogen and oxygen atoms in total. The summed E-state index contributed by atoms with van der Waals surface area (Å²) in [6.07, 6.45) is 0. The number of nitrogens with zero attached hydrogens (tertiary/aromatic N) is 3. The molecule has 0 atom stereocenters. The molecule has 6 heteroatoms. The Bertz CT molecular complexity index is 568. The maximum atomic E-state index is 12.4. The zero-order valence-electron chi connectivity index (χ0n) is 12.3. The van der Waals surface area contributed by atoms with Crippen LogP contribution >= 0.6 is 11.3 Å². The van der Waals surface area contributed by atoms with E-state index in [1.165, 1.54) is 0 Å². The van der Waals surface area contributed by atoms with Crippen molar-refractivity contribution in [1.29, 1.82) is 0 Å². The van der Waals surface area contributed by atoms with Crippen LogP contribution in [0.25, 0.3) is 0 Å². The monoisotopic (exact) mass is 292 g/mol. The van der Waals surface area contributed by atoms with Crippen LogP contribution in [0.2, 0.25) is 0 Å². The Morgan fingerprint density at radius 2 is 2.20 bits per heavy atom. The van der Waals surface area contributed by atoms with Crippen LogP contribution in [0.5, 0.6) is 0 Å². The van der Waals surface area contributed by atoms with Gasteiger partial charge in [0.25, 0.3) is 5.91 Å². The molecule has 0 aromatic carbocycles. The summed E-state index contributed by atoms with van der Waals surface area (Å²) >= 11 is 1.65. The highest BCUT2D eigenvalue weighted by atomic mass is 32.1. The number of H-pyrrole nitrogens is 1. The number of carbonyl (C=O) groups is 1. The van der Waals surface area contributed by atoms with Gasteiger partial charge < -0.3 is 4.90 Å². The lowest BCUT2D eigenvalue weighted by atomic mass is 9.96. The van der Waals surface area contributed by atoms with E-state index in [4.69, 9.17) is 0 Å². The van der Waals surface area contributed by atoms with Crippen LogP contribution in [-0.4, -0.2) is 32.5 Å². The van der Waals surface area contributed by atoms with Gasteiger partial charge in [0.05, 0.1) is 6.54 Å². The second-order valence-corrected chi connectivity index (χ2v) is 6.69. The molecule has 0 aliphatic rings. The van der Waals surface area contributed by atoms with Crippen molar-refractivity contribution in [3.05, 3.63) is 34.0 Å². The molecule has 0 saturated heterocycles. The molecular formula is C14H20N4OS. The van der Waals surface area contributed by atoms with E-state index in [1.807, 2.05) is 45.2 Å². The molecule has 0 unspecified atom stereocenters. The molecule has 0 saturated carbocycles. The predicted molar refractivity (Wildman–Crippen MR) is 79.8 cm³/mol. The predicted octanol–water partition coefficient (Wildman–Crippen LogP) is 2.83. The Labute approximate surface area is 123 Å². The van der Waals surface area contributed by atoms with E-state index in [0.717, 1.165) is 10.7 Å². The molecule has 2 heterocycles. The summed E-state index contributed by atoms with van der Waals surface area (Å²) in [5.41, 5.74) is -0.143. The highest BCUT2D eigenvalue weighted by Crippen LogP contribution is 2.18. The third-order valence-corrected chi connectivity index (χ3v) is 3.84. The van der Waals surface area contributed by atoms with Crippen molar-refractivity contribution >= 4 is 17.2 Å². The van der Waals surface area contributed by atoms with Crippen molar-refractivity contribution in [3.8, 4) is 0 Å². The molecule has 0 fully saturated rings. The maximum Gasteiger partial charge on any atom is 0.293 e. The zero-order valence-corrected chi connectivity index (χ0v) is 13.1. The quantitative estimate of drug-likeness (QED) is 0.942. The summed E-state index contributed by atoms with van der Waals surface area (Å²) in [6.45, 7) is 9.30. The highest BCUT2D eigenvalue weighted by molar-refractivity contribution is 7.09. The minimum Gasteiger partial charge on any atom is -0.331 e. The molecule has 0 bridgehead atoms. The van der Waals surface area contributed by atoms with Gasteiger partial charge in [-0.25, -0.2) is 4.98 Å². The average Bonchev–Trinajstić information content (AvgIpc) is 3.05. The van der Waals surface area contributed by atoms with E-state index in [0.29, 0.717) is 13.1 Å². The fraction of sp³-hybridized carbons (Fsp3) is 0.500. The number of hydrogen-bond donors (Lipinski definition) is 1. The van der Waals surface area contributed by atoms with Gasteiger partial charge in [-0.15, -0.1) is 16.4 Å². The first-order valence-corrected chi connectivity index (χ1v) is 7.54. The van der Waals surface area contributed by atoms with Gasteiger partial charge in [0, 0.05) is 16.8 Å². The van der Waals surface area contributed by atoms with Crippen LogP contribution in [0.4, 0.5) is 0 Å². The Kier molecular flexibility index (Phi) is 4.23. The molecule has 0 spiro atoms. The van der Waals surface area contributed by atoms with Gasteiger partial charge >= 0.3 is 0 Å². The Morgan fingerprint density at radius 1 is 1.45 bits per heavy atom. The Hall–Kier alpha value is -1.69. The van der Waals surface area contributed by atoms with Gasteiger partial charge in [-0.05, 0) is 18.4 Å². The molecule has 1 N–H and O–H groups in total. The third-order valence-electron chi connectivity index (χ3n) is 2.98. The summed E-state index contributed by atoms with van der Waals surface area (Å²) in [5, 5.41) is 8.93. The zero-order chi connectivity index (χ0) is 14.8. The topological polar surface area (TPSA) is 61.9 Å². The molecule has 0 aliphatic heterocycles. The molecule has 0 radical (unpaired) electrons.